The van der Waals surface area contributed by atoms with Crippen molar-refractivity contribution in [2.24, 2.45) is 0 Å². The van der Waals surface area contributed by atoms with Crippen molar-refractivity contribution in [2.45, 2.75) is 37.8 Å². The van der Waals surface area contributed by atoms with Crippen molar-refractivity contribution in [3.63, 3.8) is 0 Å². The molecule has 0 radical (unpaired) electrons. The fraction of sp³-hybridized carbons (Fsp3) is 0.800. The van der Waals surface area contributed by atoms with Crippen molar-refractivity contribution >= 4 is 0 Å². The first-order valence-electron chi connectivity index (χ1n) is 4.81. The van der Waals surface area contributed by atoms with E-state index in [-0.39, 0.29) is 0 Å². The number of ether oxygens (including phenoxy) is 1. The monoisotopic (exact) mass is 167 g/mol. The Balaban J connectivity index is 1.93. The minimum Gasteiger partial charge on any atom is -0.381 e. The first kappa shape index (κ1) is 8.27. The molecule has 2 fully saturated rings. The van der Waals surface area contributed by atoms with Crippen molar-refractivity contribution in [3.8, 4) is 0 Å². The Bertz CT molecular complexity index is 174. The summed E-state index contributed by atoms with van der Waals surface area (Å²) in [7, 11) is 1.76. The van der Waals surface area contributed by atoms with E-state index in [0.717, 1.165) is 18.7 Å². The average Bonchev–Trinajstić information content (AvgIpc) is 2.42. The molecular weight excluding hydrogens is 150 g/mol. The molecule has 2 bridgehead atoms. The quantitative estimate of drug-likeness (QED) is 0.629. The van der Waals surface area contributed by atoms with Crippen LogP contribution in [0.15, 0.2) is 11.6 Å². The molecule has 2 nitrogen and oxygen atoms in total. The lowest BCUT2D eigenvalue weighted by molar-refractivity contribution is 0.232. The van der Waals surface area contributed by atoms with E-state index in [1.165, 1.54) is 25.7 Å². The smallest absolute Gasteiger partial charge is 0.0646 e. The third-order valence-electron chi connectivity index (χ3n) is 2.89. The highest BCUT2D eigenvalue weighted by atomic mass is 16.5. The van der Waals surface area contributed by atoms with Crippen molar-refractivity contribution in [1.29, 1.82) is 0 Å². The van der Waals surface area contributed by atoms with Crippen molar-refractivity contribution < 1.29 is 4.74 Å². The van der Waals surface area contributed by atoms with Gasteiger partial charge < -0.3 is 10.1 Å². The lowest BCUT2D eigenvalue weighted by Crippen LogP contribution is -2.34. The van der Waals surface area contributed by atoms with Crippen LogP contribution in [0.3, 0.4) is 0 Å². The number of hydrogen-bond acceptors (Lipinski definition) is 2. The van der Waals surface area contributed by atoms with Crippen LogP contribution in [0.4, 0.5) is 0 Å². The molecule has 12 heavy (non-hydrogen) atoms. The van der Waals surface area contributed by atoms with Crippen molar-refractivity contribution in [1.82, 2.24) is 5.32 Å². The predicted molar refractivity (Wildman–Crippen MR) is 49.1 cm³/mol. The van der Waals surface area contributed by atoms with Crippen LogP contribution >= 0.6 is 0 Å². The highest BCUT2D eigenvalue weighted by Gasteiger charge is 2.29. The highest BCUT2D eigenvalue weighted by Crippen LogP contribution is 2.29. The molecule has 1 N–H and O–H groups in total. The van der Waals surface area contributed by atoms with E-state index in [1.54, 1.807) is 12.7 Å². The normalized spacial score (nSPS) is 37.6. The largest absolute Gasteiger partial charge is 0.381 e. The van der Waals surface area contributed by atoms with Gasteiger partial charge in [0.25, 0.3) is 0 Å². The molecule has 0 aromatic heterocycles. The Morgan fingerprint density at radius 1 is 1.42 bits per heavy atom. The second-order valence-electron chi connectivity index (χ2n) is 3.86. The van der Waals surface area contributed by atoms with Gasteiger partial charge in [0.05, 0.1) is 6.61 Å². The topological polar surface area (TPSA) is 21.3 Å². The molecule has 2 atom stereocenters. The maximum atomic E-state index is 5.04. The summed E-state index contributed by atoms with van der Waals surface area (Å²) in [6.45, 7) is 0.786. The van der Waals surface area contributed by atoms with Crippen molar-refractivity contribution in [3.05, 3.63) is 11.6 Å². The third kappa shape index (κ3) is 1.70. The SMILES string of the molecule is COC/C=C1/C[C@H]2CC[C@@H](C1)N2. The zero-order valence-corrected chi connectivity index (χ0v) is 7.68. The van der Waals surface area contributed by atoms with Crippen molar-refractivity contribution in [2.75, 3.05) is 13.7 Å². The van der Waals surface area contributed by atoms with Crippen LogP contribution in [0.5, 0.6) is 0 Å². The molecule has 2 aliphatic rings. The highest BCUT2D eigenvalue weighted by molar-refractivity contribution is 5.13. The summed E-state index contributed by atoms with van der Waals surface area (Å²) in [4.78, 5) is 0. The number of fused-ring (bicyclic) bond motifs is 2. The molecule has 0 aliphatic carbocycles. The number of nitrogens with one attached hydrogen (secondary N) is 1. The van der Waals surface area contributed by atoms with E-state index in [1.807, 2.05) is 0 Å². The van der Waals surface area contributed by atoms with E-state index < -0.39 is 0 Å². The second-order valence-corrected chi connectivity index (χ2v) is 3.86. The molecule has 68 valence electrons. The first-order valence-corrected chi connectivity index (χ1v) is 4.81. The van der Waals surface area contributed by atoms with Gasteiger partial charge in [0, 0.05) is 19.2 Å². The van der Waals surface area contributed by atoms with E-state index in [0.29, 0.717) is 0 Å². The Hall–Kier alpha value is -0.340. The molecule has 0 aromatic carbocycles. The summed E-state index contributed by atoms with van der Waals surface area (Å²) in [6.07, 6.45) is 7.50. The van der Waals surface area contributed by atoms with Gasteiger partial charge in [-0.05, 0) is 25.7 Å². The predicted octanol–water partition coefficient (Wildman–Crippen LogP) is 1.47. The number of hydrogen-bond donors (Lipinski definition) is 1. The molecule has 2 aliphatic heterocycles. The maximum Gasteiger partial charge on any atom is 0.0646 e. The molecule has 0 saturated carbocycles. The number of piperidine rings is 1. The van der Waals surface area contributed by atoms with Crippen LogP contribution < -0.4 is 5.32 Å². The summed E-state index contributed by atoms with van der Waals surface area (Å²) in [5, 5.41) is 3.62. The van der Waals surface area contributed by atoms with Gasteiger partial charge in [-0.15, -0.1) is 0 Å². The molecule has 2 heterocycles. The minimum absolute atomic E-state index is 0.770. The van der Waals surface area contributed by atoms with Gasteiger partial charge in [-0.3, -0.25) is 0 Å². The minimum atomic E-state index is 0.770. The Morgan fingerprint density at radius 3 is 2.67 bits per heavy atom. The van der Waals surface area contributed by atoms with Crippen LogP contribution in [0.25, 0.3) is 0 Å². The van der Waals surface area contributed by atoms with E-state index >= 15 is 0 Å². The van der Waals surface area contributed by atoms with E-state index in [9.17, 15) is 0 Å². The fourth-order valence-electron chi connectivity index (χ4n) is 2.31. The molecular formula is C10H17NO. The average molecular weight is 167 g/mol. The van der Waals surface area contributed by atoms with Gasteiger partial charge in [-0.2, -0.15) is 0 Å². The lowest BCUT2D eigenvalue weighted by Gasteiger charge is -2.23. The van der Waals surface area contributed by atoms with Crippen LogP contribution in [0.1, 0.15) is 25.7 Å². The van der Waals surface area contributed by atoms with Gasteiger partial charge in [-0.25, -0.2) is 0 Å². The summed E-state index contributed by atoms with van der Waals surface area (Å²) < 4.78 is 5.04. The zero-order chi connectivity index (χ0) is 8.39. The number of rotatable bonds is 2. The maximum absolute atomic E-state index is 5.04. The first-order chi connectivity index (χ1) is 5.88. The Kier molecular flexibility index (Phi) is 2.47. The molecule has 0 unspecified atom stereocenters. The van der Waals surface area contributed by atoms with Gasteiger partial charge in [-0.1, -0.05) is 11.6 Å². The summed E-state index contributed by atoms with van der Waals surface area (Å²) in [5.41, 5.74) is 1.60. The molecule has 2 heteroatoms. The van der Waals surface area contributed by atoms with Gasteiger partial charge in [0.2, 0.25) is 0 Å². The van der Waals surface area contributed by atoms with Gasteiger partial charge in [0.15, 0.2) is 0 Å². The summed E-state index contributed by atoms with van der Waals surface area (Å²) in [6, 6.07) is 1.54. The zero-order valence-electron chi connectivity index (χ0n) is 7.68. The molecule has 0 amide bonds. The molecule has 2 saturated heterocycles. The standard InChI is InChI=1S/C10H17NO/c1-12-5-4-8-6-9-2-3-10(7-8)11-9/h4,9-11H,2-3,5-7H2,1H3/b8-4-/t9-,10+/m1/s1. The van der Waals surface area contributed by atoms with Gasteiger partial charge >= 0.3 is 0 Å². The Morgan fingerprint density at radius 2 is 2.08 bits per heavy atom. The molecule has 0 aromatic rings. The summed E-state index contributed by atoms with van der Waals surface area (Å²) >= 11 is 0. The Labute approximate surface area is 74.0 Å². The third-order valence-corrected chi connectivity index (χ3v) is 2.89. The van der Waals surface area contributed by atoms with E-state index in [2.05, 4.69) is 11.4 Å². The summed E-state index contributed by atoms with van der Waals surface area (Å²) in [5.74, 6) is 0. The molecule has 0 spiro atoms. The second kappa shape index (κ2) is 3.58. The van der Waals surface area contributed by atoms with Crippen LogP contribution in [0.2, 0.25) is 0 Å². The van der Waals surface area contributed by atoms with Crippen LogP contribution in [-0.4, -0.2) is 25.8 Å². The van der Waals surface area contributed by atoms with Gasteiger partial charge in [0.1, 0.15) is 0 Å². The fourth-order valence-corrected chi connectivity index (χ4v) is 2.31. The van der Waals surface area contributed by atoms with Crippen LogP contribution in [0, 0.1) is 0 Å². The number of methoxy groups -OCH3 is 1. The van der Waals surface area contributed by atoms with E-state index in [4.69, 9.17) is 4.74 Å². The molecule has 2 rings (SSSR count). The lowest BCUT2D eigenvalue weighted by atomic mass is 9.99. The van der Waals surface area contributed by atoms with Crippen LogP contribution in [-0.2, 0) is 4.74 Å².